The zero-order valence-electron chi connectivity index (χ0n) is 58.2. The number of amides is 8. The summed E-state index contributed by atoms with van der Waals surface area (Å²) in [6.07, 6.45) is 1.24. The van der Waals surface area contributed by atoms with Gasteiger partial charge < -0.3 is 45.4 Å². The van der Waals surface area contributed by atoms with Crippen molar-refractivity contribution in [2.75, 3.05) is 54.6 Å². The van der Waals surface area contributed by atoms with Crippen molar-refractivity contribution >= 4 is 116 Å². The number of carbonyl (C=O) groups is 9. The molecule has 4 aliphatic heterocycles. The second-order valence-corrected chi connectivity index (χ2v) is 34.8. The van der Waals surface area contributed by atoms with Crippen LogP contribution in [-0.4, -0.2) is 192 Å². The molecule has 4 heterocycles. The van der Waals surface area contributed by atoms with Crippen LogP contribution in [0.15, 0.2) is 117 Å². The fourth-order valence-electron chi connectivity index (χ4n) is 12.6. The summed E-state index contributed by atoms with van der Waals surface area (Å²) in [4.78, 5) is 128. The molecule has 0 saturated carbocycles. The predicted octanol–water partition coefficient (Wildman–Crippen LogP) is 4.31. The van der Waals surface area contributed by atoms with E-state index in [0.29, 0.717) is 25.7 Å². The first-order valence-electron chi connectivity index (χ1n) is 32.6. The van der Waals surface area contributed by atoms with Gasteiger partial charge in [-0.05, 0) is 176 Å². The molecule has 0 aliphatic carbocycles. The van der Waals surface area contributed by atoms with Gasteiger partial charge in [0.25, 0.3) is 0 Å². The fraction of sp³-hybridized carbons (Fsp3) is 0.500. The molecule has 4 saturated heterocycles. The maximum Gasteiger partial charge on any atom is 0.410 e. The van der Waals surface area contributed by atoms with Crippen LogP contribution in [0.1, 0.15) is 128 Å². The van der Waals surface area contributed by atoms with Crippen molar-refractivity contribution in [3.8, 4) is 0 Å². The Morgan fingerprint density at radius 3 is 0.832 bits per heavy atom. The lowest BCUT2D eigenvalue weighted by atomic mass is 10.0. The third kappa shape index (κ3) is 17.9. The molecule has 4 atom stereocenters. The lowest BCUT2D eigenvalue weighted by Crippen LogP contribution is -2.58. The summed E-state index contributed by atoms with van der Waals surface area (Å²) in [5.41, 5.74) is -9.22. The van der Waals surface area contributed by atoms with Gasteiger partial charge in [-0.15, -0.1) is 0 Å². The SMILES string of the molecule is COC(=O)C(C)(C)NS(=O)(=O)c1ccccc1NC(=O)[C@@H]1CCCN1C(=O)C(C)(C)NS(=O)(=O)c1ccccc1NC(=O)[C@@H]1CCCN1C(=O)C(C)(C)NS(=O)(=O)c1ccccc1NC(=O)[C@@H]1CCCN1C(=O)C(C)(C)NS(=O)(=O)c1ccccc1NC(=O)[C@@H]1CCCN1C(=O)OC(C)(C)C. The van der Waals surface area contributed by atoms with Crippen molar-refractivity contribution in [1.82, 2.24) is 38.5 Å². The van der Waals surface area contributed by atoms with Crippen LogP contribution < -0.4 is 40.2 Å². The quantitative estimate of drug-likeness (QED) is 0.0453. The maximum atomic E-state index is 14.6. The van der Waals surface area contributed by atoms with Crippen LogP contribution in [0, 0.1) is 0 Å². The molecule has 4 fully saturated rings. The number of rotatable bonds is 24. The molecule has 8 N–H and O–H groups in total. The van der Waals surface area contributed by atoms with E-state index in [0.717, 1.165) is 12.0 Å². The minimum Gasteiger partial charge on any atom is -0.468 e. The van der Waals surface area contributed by atoms with E-state index in [1.54, 1.807) is 20.8 Å². The van der Waals surface area contributed by atoms with Gasteiger partial charge in [0.05, 0.1) is 29.9 Å². The van der Waals surface area contributed by atoms with Crippen molar-refractivity contribution in [1.29, 1.82) is 0 Å². The number of ether oxygens (including phenoxy) is 2. The molecule has 101 heavy (non-hydrogen) atoms. The van der Waals surface area contributed by atoms with Gasteiger partial charge in [0.15, 0.2) is 0 Å². The first kappa shape index (κ1) is 78.3. The third-order valence-corrected chi connectivity index (χ3v) is 24.1. The van der Waals surface area contributed by atoms with Gasteiger partial charge in [-0.25, -0.2) is 38.5 Å². The standard InChI is InChI=1S/C66H88N12O19S4/c1-62(2,3)97-61(87)78-40-24-32-48(78)56(82)70-43-27-15-19-35-51(43)100(92,93)73-65(8,9)59(85)76-38-22-30-46(76)54(80)68-41-25-13-17-33-49(41)98(88,89)71-63(4,5)57(83)75-37-21-29-45(75)53(79)67-42-26-14-18-34-50(42)99(90,91)72-64(6,7)58(84)77-39-23-31-47(77)55(81)69-44-28-16-20-36-52(44)101(94,95)74-66(10,11)60(86)96-12/h13-20,25-28,33-36,45-48,71-74H,21-24,29-32,37-40H2,1-12H3,(H,67,79)(H,68,80)(H,69,81)(H,70,82)/t45-,46-,47-,48-/m0/s1. The number of sulfonamides is 4. The van der Waals surface area contributed by atoms with Crippen LogP contribution in [0.4, 0.5) is 27.5 Å². The van der Waals surface area contributed by atoms with Gasteiger partial charge in [0, 0.05) is 26.2 Å². The molecular weight excluding hydrogens is 1390 g/mol. The molecule has 4 aromatic carbocycles. The highest BCUT2D eigenvalue weighted by atomic mass is 32.2. The van der Waals surface area contributed by atoms with Crippen LogP contribution in [-0.2, 0) is 87.9 Å². The largest absolute Gasteiger partial charge is 0.468 e. The number of likely N-dealkylation sites (tertiary alicyclic amines) is 4. The number of carbonyl (C=O) groups excluding carboxylic acids is 9. The van der Waals surface area contributed by atoms with Crippen molar-refractivity contribution in [2.24, 2.45) is 0 Å². The Bertz CT molecular complexity index is 4410. The Morgan fingerprint density at radius 2 is 0.584 bits per heavy atom. The zero-order chi connectivity index (χ0) is 74.8. The summed E-state index contributed by atoms with van der Waals surface area (Å²) in [6, 6.07) is 16.7. The Morgan fingerprint density at radius 1 is 0.356 bits per heavy atom. The first-order chi connectivity index (χ1) is 46.8. The molecule has 0 radical (unpaired) electrons. The number of benzene rings is 4. The van der Waals surface area contributed by atoms with Crippen molar-refractivity contribution in [3.63, 3.8) is 0 Å². The number of para-hydroxylation sites is 4. The zero-order valence-corrected chi connectivity index (χ0v) is 61.5. The molecule has 31 nitrogen and oxygen atoms in total. The van der Waals surface area contributed by atoms with E-state index in [1.807, 2.05) is 0 Å². The van der Waals surface area contributed by atoms with Crippen molar-refractivity contribution in [3.05, 3.63) is 97.1 Å². The van der Waals surface area contributed by atoms with E-state index in [1.165, 1.54) is 167 Å². The van der Waals surface area contributed by atoms with E-state index in [9.17, 15) is 76.8 Å². The van der Waals surface area contributed by atoms with Gasteiger partial charge in [-0.2, -0.15) is 18.9 Å². The molecular formula is C66H88N12O19S4. The highest BCUT2D eigenvalue weighted by Gasteiger charge is 2.48. The van der Waals surface area contributed by atoms with Gasteiger partial charge in [0.1, 0.15) is 71.5 Å². The van der Waals surface area contributed by atoms with Crippen molar-refractivity contribution < 1.29 is 86.3 Å². The van der Waals surface area contributed by atoms with E-state index in [2.05, 4.69) is 40.2 Å². The molecule has 4 aliphatic rings. The van der Waals surface area contributed by atoms with Gasteiger partial charge in [-0.1, -0.05) is 48.5 Å². The summed E-state index contributed by atoms with van der Waals surface area (Å²) in [5.74, 6) is -6.48. The Kier molecular flexibility index (Phi) is 23.1. The summed E-state index contributed by atoms with van der Waals surface area (Å²) in [6.45, 7) is 15.6. The average molecular weight is 1480 g/mol. The number of hydrogen-bond donors (Lipinski definition) is 8. The molecule has 8 amide bonds. The molecule has 0 spiro atoms. The number of methoxy groups -OCH3 is 1. The van der Waals surface area contributed by atoms with E-state index in [4.69, 9.17) is 9.47 Å². The molecule has 35 heteroatoms. The number of hydrogen-bond acceptors (Lipinski definition) is 19. The molecule has 8 rings (SSSR count). The third-order valence-electron chi connectivity index (χ3n) is 17.2. The smallest absolute Gasteiger partial charge is 0.410 e. The number of esters is 1. The Balaban J connectivity index is 0.896. The normalized spacial score (nSPS) is 18.8. The van der Waals surface area contributed by atoms with Crippen LogP contribution in [0.5, 0.6) is 0 Å². The first-order valence-corrected chi connectivity index (χ1v) is 38.5. The highest BCUT2D eigenvalue weighted by molar-refractivity contribution is 7.90. The second-order valence-electron chi connectivity index (χ2n) is 28.2. The second kappa shape index (κ2) is 29.9. The Labute approximate surface area is 588 Å². The lowest BCUT2D eigenvalue weighted by Gasteiger charge is -2.34. The summed E-state index contributed by atoms with van der Waals surface area (Å²) in [5, 5.41) is 10.4. The van der Waals surface area contributed by atoms with Gasteiger partial charge >= 0.3 is 12.1 Å². The Hall–Kier alpha value is -8.45. The average Bonchev–Trinajstić information content (AvgIpc) is 1.73. The van der Waals surface area contributed by atoms with Crippen LogP contribution >= 0.6 is 0 Å². The minimum atomic E-state index is -4.77. The molecule has 0 aromatic heterocycles. The van der Waals surface area contributed by atoms with E-state index in [-0.39, 0.29) is 74.6 Å². The molecule has 550 valence electrons. The lowest BCUT2D eigenvalue weighted by molar-refractivity contribution is -0.146. The van der Waals surface area contributed by atoms with E-state index < -0.39 is 165 Å². The highest BCUT2D eigenvalue weighted by Crippen LogP contribution is 2.34. The monoisotopic (exact) mass is 1480 g/mol. The molecule has 0 bridgehead atoms. The minimum absolute atomic E-state index is 0.00588. The maximum absolute atomic E-state index is 14.6. The molecule has 0 unspecified atom stereocenters. The number of nitrogens with zero attached hydrogens (tertiary/aromatic N) is 4. The van der Waals surface area contributed by atoms with Crippen LogP contribution in [0.25, 0.3) is 0 Å². The number of anilines is 4. The summed E-state index contributed by atoms with van der Waals surface area (Å²) in [7, 11) is -17.5. The summed E-state index contributed by atoms with van der Waals surface area (Å²) < 4.78 is 133. The van der Waals surface area contributed by atoms with Crippen molar-refractivity contribution in [2.45, 2.75) is 199 Å². The predicted molar refractivity (Wildman–Crippen MR) is 370 cm³/mol. The van der Waals surface area contributed by atoms with Crippen LogP contribution in [0.2, 0.25) is 0 Å². The topological polar surface area (TPSA) is 418 Å². The number of nitrogens with one attached hydrogen (secondary N) is 8. The van der Waals surface area contributed by atoms with Crippen LogP contribution in [0.3, 0.4) is 0 Å². The van der Waals surface area contributed by atoms with Gasteiger partial charge in [-0.3, -0.25) is 43.3 Å². The van der Waals surface area contributed by atoms with E-state index >= 15 is 0 Å². The van der Waals surface area contributed by atoms with Gasteiger partial charge in [0.2, 0.25) is 81.4 Å². The fourth-order valence-corrected chi connectivity index (χ4v) is 18.7. The summed E-state index contributed by atoms with van der Waals surface area (Å²) >= 11 is 0. The molecule has 4 aromatic rings.